The van der Waals surface area contributed by atoms with Gasteiger partial charge < -0.3 is 5.11 Å². The predicted molar refractivity (Wildman–Crippen MR) is 56.7 cm³/mol. The van der Waals surface area contributed by atoms with Crippen LogP contribution in [0, 0.1) is 11.8 Å². The molecule has 1 rings (SSSR count). The van der Waals surface area contributed by atoms with Crippen LogP contribution in [0.2, 0.25) is 0 Å². The van der Waals surface area contributed by atoms with E-state index in [0.29, 0.717) is 0 Å². The van der Waals surface area contributed by atoms with Crippen molar-refractivity contribution in [2.45, 2.75) is 64.9 Å². The van der Waals surface area contributed by atoms with Crippen molar-refractivity contribution in [3.63, 3.8) is 0 Å². The van der Waals surface area contributed by atoms with E-state index >= 15 is 0 Å². The summed E-state index contributed by atoms with van der Waals surface area (Å²) in [5, 5.41) is 9.91. The average molecular weight is 184 g/mol. The topological polar surface area (TPSA) is 20.2 Å². The number of hydrogen-bond acceptors (Lipinski definition) is 1. The normalized spacial score (nSPS) is 35.3. The molecule has 1 saturated carbocycles. The molecule has 0 aromatic rings. The molecule has 1 fully saturated rings. The summed E-state index contributed by atoms with van der Waals surface area (Å²) in [4.78, 5) is 0. The lowest BCUT2D eigenvalue weighted by molar-refractivity contribution is -0.00134. The van der Waals surface area contributed by atoms with Crippen LogP contribution in [0.15, 0.2) is 0 Å². The van der Waals surface area contributed by atoms with Gasteiger partial charge in [-0.2, -0.15) is 0 Å². The third-order valence-electron chi connectivity index (χ3n) is 3.21. The van der Waals surface area contributed by atoms with Crippen molar-refractivity contribution in [1.82, 2.24) is 0 Å². The van der Waals surface area contributed by atoms with Crippen molar-refractivity contribution in [2.24, 2.45) is 11.8 Å². The molecule has 0 radical (unpaired) electrons. The fourth-order valence-corrected chi connectivity index (χ4v) is 2.41. The zero-order valence-electron chi connectivity index (χ0n) is 9.34. The van der Waals surface area contributed by atoms with E-state index < -0.39 is 0 Å². The van der Waals surface area contributed by atoms with Crippen LogP contribution in [0.25, 0.3) is 0 Å². The van der Waals surface area contributed by atoms with E-state index in [2.05, 4.69) is 13.8 Å². The van der Waals surface area contributed by atoms with Gasteiger partial charge in [-0.1, -0.05) is 39.5 Å². The highest BCUT2D eigenvalue weighted by atomic mass is 16.3. The lowest BCUT2D eigenvalue weighted by Crippen LogP contribution is -2.31. The van der Waals surface area contributed by atoms with Gasteiger partial charge in [-0.3, -0.25) is 0 Å². The summed E-state index contributed by atoms with van der Waals surface area (Å²) < 4.78 is 0. The van der Waals surface area contributed by atoms with Crippen molar-refractivity contribution in [2.75, 3.05) is 0 Å². The average Bonchev–Trinajstić information content (AvgIpc) is 1.99. The molecular formula is C12H24O. The Morgan fingerprint density at radius 1 is 1.46 bits per heavy atom. The second-order valence-electron chi connectivity index (χ2n) is 5.43. The van der Waals surface area contributed by atoms with Gasteiger partial charge in [0.05, 0.1) is 5.60 Å². The van der Waals surface area contributed by atoms with Gasteiger partial charge in [0, 0.05) is 0 Å². The Morgan fingerprint density at radius 2 is 2.15 bits per heavy atom. The number of hydrogen-bond donors (Lipinski definition) is 1. The molecule has 78 valence electrons. The Balaban J connectivity index is 2.26. The monoisotopic (exact) mass is 184 g/mol. The molecule has 1 nitrogen and oxygen atoms in total. The van der Waals surface area contributed by atoms with Crippen molar-refractivity contribution in [3.8, 4) is 0 Å². The van der Waals surface area contributed by atoms with Crippen LogP contribution in [-0.4, -0.2) is 10.7 Å². The first-order chi connectivity index (χ1) is 5.99. The first kappa shape index (κ1) is 11.0. The van der Waals surface area contributed by atoms with Crippen LogP contribution < -0.4 is 0 Å². The molecule has 1 N–H and O–H groups in total. The van der Waals surface area contributed by atoms with E-state index in [-0.39, 0.29) is 5.60 Å². The largest absolute Gasteiger partial charge is 0.390 e. The van der Waals surface area contributed by atoms with E-state index in [1.807, 2.05) is 6.92 Å². The van der Waals surface area contributed by atoms with E-state index in [1.165, 1.54) is 25.7 Å². The number of aliphatic hydroxyl groups is 1. The summed E-state index contributed by atoms with van der Waals surface area (Å²) in [7, 11) is 0. The van der Waals surface area contributed by atoms with Crippen molar-refractivity contribution in [3.05, 3.63) is 0 Å². The Hall–Kier alpha value is -0.0400. The van der Waals surface area contributed by atoms with Gasteiger partial charge in [0.2, 0.25) is 0 Å². The highest BCUT2D eigenvalue weighted by molar-refractivity contribution is 4.82. The SMILES string of the molecule is CC(C)CC[C@@H]1CCC[C@@](C)(O)C1. The van der Waals surface area contributed by atoms with Gasteiger partial charge >= 0.3 is 0 Å². The van der Waals surface area contributed by atoms with Gasteiger partial charge in [-0.15, -0.1) is 0 Å². The summed E-state index contributed by atoms with van der Waals surface area (Å²) in [6.07, 6.45) is 7.22. The standard InChI is InChI=1S/C12H24O/c1-10(2)6-7-11-5-4-8-12(3,13)9-11/h10-11,13H,4-9H2,1-3H3/t11-,12+/m0/s1. The lowest BCUT2D eigenvalue weighted by Gasteiger charge is -2.34. The first-order valence-corrected chi connectivity index (χ1v) is 5.72. The quantitative estimate of drug-likeness (QED) is 0.713. The maximum atomic E-state index is 9.91. The minimum absolute atomic E-state index is 0.361. The Kier molecular flexibility index (Phi) is 3.78. The highest BCUT2D eigenvalue weighted by Crippen LogP contribution is 2.34. The van der Waals surface area contributed by atoms with E-state index in [0.717, 1.165) is 24.7 Å². The molecule has 0 heterocycles. The highest BCUT2D eigenvalue weighted by Gasteiger charge is 2.29. The molecule has 0 saturated heterocycles. The molecule has 0 aromatic carbocycles. The second-order valence-corrected chi connectivity index (χ2v) is 5.43. The Bertz CT molecular complexity index is 149. The smallest absolute Gasteiger partial charge is 0.0622 e. The summed E-state index contributed by atoms with van der Waals surface area (Å²) in [5.41, 5.74) is -0.361. The molecule has 0 amide bonds. The first-order valence-electron chi connectivity index (χ1n) is 5.72. The maximum Gasteiger partial charge on any atom is 0.0622 e. The Morgan fingerprint density at radius 3 is 2.69 bits per heavy atom. The van der Waals surface area contributed by atoms with Gasteiger partial charge in [-0.25, -0.2) is 0 Å². The molecule has 13 heavy (non-hydrogen) atoms. The van der Waals surface area contributed by atoms with Gasteiger partial charge in [-0.05, 0) is 31.6 Å². The van der Waals surface area contributed by atoms with Crippen LogP contribution in [0.3, 0.4) is 0 Å². The van der Waals surface area contributed by atoms with Crippen molar-refractivity contribution in [1.29, 1.82) is 0 Å². The van der Waals surface area contributed by atoms with E-state index in [4.69, 9.17) is 0 Å². The third kappa shape index (κ3) is 4.12. The summed E-state index contributed by atoms with van der Waals surface area (Å²) in [5.74, 6) is 1.60. The van der Waals surface area contributed by atoms with Crippen LogP contribution in [0.4, 0.5) is 0 Å². The minimum Gasteiger partial charge on any atom is -0.390 e. The molecular weight excluding hydrogens is 160 g/mol. The van der Waals surface area contributed by atoms with Crippen molar-refractivity contribution < 1.29 is 5.11 Å². The molecule has 1 aliphatic rings. The fourth-order valence-electron chi connectivity index (χ4n) is 2.41. The second kappa shape index (κ2) is 4.45. The molecule has 1 aliphatic carbocycles. The van der Waals surface area contributed by atoms with Crippen LogP contribution >= 0.6 is 0 Å². The summed E-state index contributed by atoms with van der Waals surface area (Å²) in [6.45, 7) is 6.55. The molecule has 0 unspecified atom stereocenters. The summed E-state index contributed by atoms with van der Waals surface area (Å²) in [6, 6.07) is 0. The van der Waals surface area contributed by atoms with E-state index in [1.54, 1.807) is 0 Å². The van der Waals surface area contributed by atoms with Crippen molar-refractivity contribution >= 4 is 0 Å². The zero-order chi connectivity index (χ0) is 9.90. The fraction of sp³-hybridized carbons (Fsp3) is 1.00. The van der Waals surface area contributed by atoms with Crippen LogP contribution in [0.5, 0.6) is 0 Å². The third-order valence-corrected chi connectivity index (χ3v) is 3.21. The molecule has 2 atom stereocenters. The number of rotatable bonds is 3. The molecule has 0 aliphatic heterocycles. The molecule has 0 spiro atoms. The van der Waals surface area contributed by atoms with Gasteiger partial charge in [0.1, 0.15) is 0 Å². The zero-order valence-corrected chi connectivity index (χ0v) is 9.34. The molecule has 1 heteroatoms. The van der Waals surface area contributed by atoms with E-state index in [9.17, 15) is 5.11 Å². The van der Waals surface area contributed by atoms with Crippen LogP contribution in [0.1, 0.15) is 59.3 Å². The predicted octanol–water partition coefficient (Wildman–Crippen LogP) is 3.36. The maximum absolute atomic E-state index is 9.91. The van der Waals surface area contributed by atoms with Gasteiger partial charge in [0.15, 0.2) is 0 Å². The molecule has 0 bridgehead atoms. The lowest BCUT2D eigenvalue weighted by atomic mass is 9.77. The van der Waals surface area contributed by atoms with Gasteiger partial charge in [0.25, 0.3) is 0 Å². The summed E-state index contributed by atoms with van der Waals surface area (Å²) >= 11 is 0. The minimum atomic E-state index is -0.361. The van der Waals surface area contributed by atoms with Crippen LogP contribution in [-0.2, 0) is 0 Å². The molecule has 0 aromatic heterocycles. The Labute approximate surface area is 82.5 Å².